The summed E-state index contributed by atoms with van der Waals surface area (Å²) in [5.41, 5.74) is -0.641. The van der Waals surface area contributed by atoms with Crippen LogP contribution in [0.3, 0.4) is 0 Å². The van der Waals surface area contributed by atoms with E-state index >= 15 is 0 Å². The average Bonchev–Trinajstić information content (AvgIpc) is 3.77. The molecule has 7 rings (SSSR count). The first-order chi connectivity index (χ1) is 25.5. The SMILES string of the molecule is C=C(C)[C@@H]1CC[C@]2(C(=O)N[C@@H]3C[C@H](C(=O)N4CCCC4)C3(C)C)CC[C@]3(C)C(CCC4[C@@]5(C)CC[C@H](OC(=O)CC(C)(C)C(=O)[O-])C(C)(C)C5CC[C@]43C)C12.[Na+]. The average molecular weight is 785 g/mol. The molecule has 7 fully saturated rings. The number of ether oxygens (including phenoxy) is 1. The molecular weight excluding hydrogens is 712 g/mol. The summed E-state index contributed by atoms with van der Waals surface area (Å²) in [4.78, 5) is 55.2. The van der Waals surface area contributed by atoms with Gasteiger partial charge in [-0.3, -0.25) is 14.4 Å². The third-order valence-electron chi connectivity index (χ3n) is 19.2. The van der Waals surface area contributed by atoms with E-state index in [0.717, 1.165) is 96.6 Å². The van der Waals surface area contributed by atoms with E-state index in [2.05, 4.69) is 67.3 Å². The van der Waals surface area contributed by atoms with Crippen molar-refractivity contribution in [3.63, 3.8) is 0 Å². The summed E-state index contributed by atoms with van der Waals surface area (Å²) >= 11 is 0. The first-order valence-electron chi connectivity index (χ1n) is 22.1. The van der Waals surface area contributed by atoms with E-state index < -0.39 is 22.8 Å². The van der Waals surface area contributed by atoms with E-state index in [-0.39, 0.29) is 98.8 Å². The van der Waals surface area contributed by atoms with Gasteiger partial charge in [0, 0.05) is 41.8 Å². The molecule has 1 heterocycles. The fourth-order valence-electron chi connectivity index (χ4n) is 15.4. The number of carboxylic acid groups (broad SMARTS) is 1. The van der Waals surface area contributed by atoms with E-state index in [1.807, 2.05) is 4.90 Å². The van der Waals surface area contributed by atoms with Crippen LogP contribution >= 0.6 is 0 Å². The van der Waals surface area contributed by atoms with Gasteiger partial charge in [-0.05, 0) is 142 Å². The van der Waals surface area contributed by atoms with Gasteiger partial charge in [0.1, 0.15) is 6.10 Å². The standard InChI is InChI=1S/C47H74N2O6.Na/c1-28(2)29-16-21-47(39(52)48-34-26-31(42(34,5)6)38(51)49-24-12-13-25-49)23-22-45(10)30(37(29)47)14-15-33-44(9)19-18-35(55-36(50)27-41(3,4)40(53)54)43(7,8)32(44)17-20-46(33,45)11;/h29-35,37H,1,12-27H2,2-11H3,(H,48,52)(H,53,54);/q;+1/p-1/t29-,30?,31+,32?,33?,34+,35-,37?,44-,45+,46+,47-;/m0./s1. The Labute approximate surface area is 360 Å². The number of allylic oxidation sites excluding steroid dienone is 1. The molecule has 12 atom stereocenters. The van der Waals surface area contributed by atoms with Gasteiger partial charge in [-0.15, -0.1) is 0 Å². The number of carbonyl (C=O) groups excluding carboxylic acids is 4. The number of esters is 1. The summed E-state index contributed by atoms with van der Waals surface area (Å²) in [5.74, 6) is 0.789. The number of fused-ring (bicyclic) bond motifs is 7. The third-order valence-corrected chi connectivity index (χ3v) is 19.2. The van der Waals surface area contributed by atoms with Crippen molar-refractivity contribution in [3.05, 3.63) is 12.2 Å². The molecule has 56 heavy (non-hydrogen) atoms. The summed E-state index contributed by atoms with van der Waals surface area (Å²) < 4.78 is 6.17. The zero-order valence-corrected chi connectivity index (χ0v) is 39.0. The molecule has 0 aromatic carbocycles. The van der Waals surface area contributed by atoms with Crippen LogP contribution in [-0.4, -0.2) is 53.9 Å². The molecule has 6 saturated carbocycles. The van der Waals surface area contributed by atoms with Crippen molar-refractivity contribution in [1.29, 1.82) is 0 Å². The molecule has 2 amide bonds. The normalized spacial score (nSPS) is 43.4. The minimum Gasteiger partial charge on any atom is -0.550 e. The number of likely N-dealkylation sites (tertiary alicyclic amines) is 1. The maximum absolute atomic E-state index is 15.0. The van der Waals surface area contributed by atoms with E-state index in [1.54, 1.807) is 0 Å². The molecule has 6 aliphatic carbocycles. The van der Waals surface area contributed by atoms with Crippen molar-refractivity contribution in [2.45, 2.75) is 171 Å². The maximum Gasteiger partial charge on any atom is 1.00 e. The first kappa shape index (κ1) is 44.2. The number of hydrogen-bond donors (Lipinski definition) is 1. The molecule has 1 N–H and O–H groups in total. The van der Waals surface area contributed by atoms with Crippen LogP contribution in [0, 0.1) is 73.4 Å². The van der Waals surface area contributed by atoms with Gasteiger partial charge in [0.25, 0.3) is 0 Å². The number of hydrogen-bond acceptors (Lipinski definition) is 6. The number of nitrogens with zero attached hydrogens (tertiary/aromatic N) is 1. The zero-order chi connectivity index (χ0) is 40.3. The molecule has 1 saturated heterocycles. The molecule has 0 aromatic heterocycles. The first-order valence-corrected chi connectivity index (χ1v) is 22.1. The number of rotatable bonds is 8. The Morgan fingerprint density at radius 3 is 2.09 bits per heavy atom. The molecule has 8 nitrogen and oxygen atoms in total. The van der Waals surface area contributed by atoms with Gasteiger partial charge in [0.2, 0.25) is 11.8 Å². The van der Waals surface area contributed by atoms with Crippen LogP contribution in [-0.2, 0) is 23.9 Å². The Bertz CT molecular complexity index is 1620. The molecule has 0 radical (unpaired) electrons. The smallest absolute Gasteiger partial charge is 0.550 e. The van der Waals surface area contributed by atoms with Crippen molar-refractivity contribution in [3.8, 4) is 0 Å². The van der Waals surface area contributed by atoms with E-state index in [9.17, 15) is 24.3 Å². The second kappa shape index (κ2) is 14.7. The van der Waals surface area contributed by atoms with Crippen molar-refractivity contribution in [1.82, 2.24) is 10.2 Å². The minimum absolute atomic E-state index is 0. The van der Waals surface area contributed by atoms with Crippen molar-refractivity contribution < 1.29 is 58.6 Å². The van der Waals surface area contributed by atoms with Gasteiger partial charge in [-0.2, -0.15) is 0 Å². The van der Waals surface area contributed by atoms with Gasteiger partial charge in [-0.25, -0.2) is 0 Å². The van der Waals surface area contributed by atoms with Crippen LogP contribution < -0.4 is 40.0 Å². The predicted molar refractivity (Wildman–Crippen MR) is 212 cm³/mol. The molecule has 1 aliphatic heterocycles. The second-order valence-electron chi connectivity index (χ2n) is 22.7. The Morgan fingerprint density at radius 2 is 1.48 bits per heavy atom. The summed E-state index contributed by atoms with van der Waals surface area (Å²) in [6.07, 6.45) is 12.7. The second-order valence-corrected chi connectivity index (χ2v) is 22.7. The van der Waals surface area contributed by atoms with Gasteiger partial charge in [0.05, 0.1) is 11.8 Å². The summed E-state index contributed by atoms with van der Waals surface area (Å²) in [7, 11) is 0. The van der Waals surface area contributed by atoms with Crippen LogP contribution in [0.5, 0.6) is 0 Å². The molecular formula is C47H73N2NaO6. The Morgan fingerprint density at radius 1 is 0.821 bits per heavy atom. The molecule has 7 aliphatic rings. The monoisotopic (exact) mass is 785 g/mol. The van der Waals surface area contributed by atoms with Crippen molar-refractivity contribution in [2.24, 2.45) is 73.4 Å². The number of aliphatic carboxylic acids is 1. The summed E-state index contributed by atoms with van der Waals surface area (Å²) in [5, 5.41) is 15.3. The van der Waals surface area contributed by atoms with Gasteiger partial charge in [0.15, 0.2) is 0 Å². The fourth-order valence-corrected chi connectivity index (χ4v) is 15.4. The van der Waals surface area contributed by atoms with Crippen molar-refractivity contribution >= 4 is 23.8 Å². The molecule has 0 bridgehead atoms. The topological polar surface area (TPSA) is 116 Å². The zero-order valence-electron chi connectivity index (χ0n) is 37.0. The number of carbonyl (C=O) groups is 4. The maximum atomic E-state index is 15.0. The van der Waals surface area contributed by atoms with Crippen LogP contribution in [0.2, 0.25) is 0 Å². The van der Waals surface area contributed by atoms with Crippen molar-refractivity contribution in [2.75, 3.05) is 13.1 Å². The van der Waals surface area contributed by atoms with E-state index in [0.29, 0.717) is 23.7 Å². The quantitative estimate of drug-likeness (QED) is 0.213. The molecule has 9 heteroatoms. The molecule has 4 unspecified atom stereocenters. The number of nitrogens with one attached hydrogen (secondary N) is 1. The Hall–Kier alpha value is -1.38. The minimum atomic E-state index is -1.27. The fraction of sp³-hybridized carbons (Fsp3) is 0.872. The Kier molecular flexibility index (Phi) is 11.6. The predicted octanol–water partition coefficient (Wildman–Crippen LogP) is 4.88. The van der Waals surface area contributed by atoms with Gasteiger partial charge < -0.3 is 24.9 Å². The summed E-state index contributed by atoms with van der Waals surface area (Å²) in [6, 6.07) is 0.0191. The van der Waals surface area contributed by atoms with Gasteiger partial charge >= 0.3 is 35.5 Å². The summed E-state index contributed by atoms with van der Waals surface area (Å²) in [6.45, 7) is 28.2. The van der Waals surface area contributed by atoms with Crippen LogP contribution in [0.4, 0.5) is 0 Å². The largest absolute Gasteiger partial charge is 1.00 e. The van der Waals surface area contributed by atoms with E-state index in [4.69, 9.17) is 4.74 Å². The molecule has 0 spiro atoms. The number of carboxylic acids is 1. The molecule has 308 valence electrons. The van der Waals surface area contributed by atoms with E-state index in [1.165, 1.54) is 19.4 Å². The van der Waals surface area contributed by atoms with Crippen LogP contribution in [0.25, 0.3) is 0 Å². The van der Waals surface area contributed by atoms with Crippen LogP contribution in [0.15, 0.2) is 12.2 Å². The Balaban J connectivity index is 0.00000532. The van der Waals surface area contributed by atoms with Crippen LogP contribution in [0.1, 0.15) is 159 Å². The van der Waals surface area contributed by atoms with Gasteiger partial charge in [-0.1, -0.05) is 74.5 Å². The number of amides is 2. The third kappa shape index (κ3) is 6.43. The molecule has 0 aromatic rings.